The molecule has 1 amide bonds. The number of aryl methyl sites for hydroxylation is 2. The molecule has 0 bridgehead atoms. The van der Waals surface area contributed by atoms with Crippen LogP contribution in [0.2, 0.25) is 0 Å². The summed E-state index contributed by atoms with van der Waals surface area (Å²) in [5.74, 6) is 0.344. The molecule has 2 aromatic rings. The van der Waals surface area contributed by atoms with Crippen LogP contribution in [0.25, 0.3) is 11.1 Å². The third-order valence-corrected chi connectivity index (χ3v) is 4.62. The monoisotopic (exact) mass is 330 g/mol. The number of pyridine rings is 1. The van der Waals surface area contributed by atoms with E-state index in [1.807, 2.05) is 13.8 Å². The second-order valence-corrected chi connectivity index (χ2v) is 6.94. The van der Waals surface area contributed by atoms with E-state index in [0.717, 1.165) is 12.2 Å². The van der Waals surface area contributed by atoms with Gasteiger partial charge in [0.1, 0.15) is 0 Å². The van der Waals surface area contributed by atoms with Gasteiger partial charge >= 0.3 is 0 Å². The third-order valence-electron chi connectivity index (χ3n) is 4.62. The first-order chi connectivity index (χ1) is 11.5. The maximum absolute atomic E-state index is 12.6. The van der Waals surface area contributed by atoms with Crippen LogP contribution in [0.15, 0.2) is 10.6 Å². The summed E-state index contributed by atoms with van der Waals surface area (Å²) < 4.78 is 5.20. The second kappa shape index (κ2) is 7.30. The van der Waals surface area contributed by atoms with Gasteiger partial charge in [-0.25, -0.2) is 4.98 Å². The van der Waals surface area contributed by atoms with E-state index in [2.05, 4.69) is 27.3 Å². The van der Waals surface area contributed by atoms with Crippen molar-refractivity contribution in [3.63, 3.8) is 0 Å². The lowest BCUT2D eigenvalue weighted by Crippen LogP contribution is -2.38. The van der Waals surface area contributed by atoms with Crippen molar-refractivity contribution in [2.24, 2.45) is 5.92 Å². The van der Waals surface area contributed by atoms with Gasteiger partial charge in [0.2, 0.25) is 0 Å². The molecule has 2 aromatic heterocycles. The predicted octanol–water partition coefficient (Wildman–Crippen LogP) is 2.69. The van der Waals surface area contributed by atoms with Crippen molar-refractivity contribution in [2.45, 2.75) is 40.0 Å². The first kappa shape index (κ1) is 16.9. The lowest BCUT2D eigenvalue weighted by Gasteiger charge is -2.29. The number of nitrogens with zero attached hydrogens (tertiary/aromatic N) is 3. The van der Waals surface area contributed by atoms with Crippen molar-refractivity contribution < 1.29 is 9.32 Å². The number of likely N-dealkylation sites (tertiary alicyclic amines) is 1. The van der Waals surface area contributed by atoms with E-state index in [-0.39, 0.29) is 5.91 Å². The summed E-state index contributed by atoms with van der Waals surface area (Å²) in [7, 11) is 0. The predicted molar refractivity (Wildman–Crippen MR) is 93.1 cm³/mol. The van der Waals surface area contributed by atoms with Crippen LogP contribution < -0.4 is 5.32 Å². The number of aromatic nitrogens is 2. The van der Waals surface area contributed by atoms with E-state index in [9.17, 15) is 4.79 Å². The fourth-order valence-electron chi connectivity index (χ4n) is 3.41. The summed E-state index contributed by atoms with van der Waals surface area (Å²) >= 11 is 0. The average molecular weight is 330 g/mol. The molecule has 0 saturated carbocycles. The van der Waals surface area contributed by atoms with Crippen LogP contribution in [0, 0.1) is 19.8 Å². The summed E-state index contributed by atoms with van der Waals surface area (Å²) in [4.78, 5) is 19.4. The number of amides is 1. The van der Waals surface area contributed by atoms with Gasteiger partial charge in [-0.15, -0.1) is 0 Å². The molecule has 0 spiro atoms. The van der Waals surface area contributed by atoms with Crippen LogP contribution in [-0.2, 0) is 0 Å². The zero-order valence-electron chi connectivity index (χ0n) is 14.8. The highest BCUT2D eigenvalue weighted by Gasteiger charge is 2.19. The second-order valence-electron chi connectivity index (χ2n) is 6.94. The minimum atomic E-state index is -0.0812. The molecule has 1 fully saturated rings. The van der Waals surface area contributed by atoms with Gasteiger partial charge in [0.05, 0.1) is 16.6 Å². The Morgan fingerprint density at radius 1 is 1.33 bits per heavy atom. The number of rotatable bonds is 5. The van der Waals surface area contributed by atoms with Crippen molar-refractivity contribution in [1.82, 2.24) is 20.4 Å². The van der Waals surface area contributed by atoms with Gasteiger partial charge in [0.25, 0.3) is 11.6 Å². The van der Waals surface area contributed by atoms with Gasteiger partial charge < -0.3 is 14.7 Å². The van der Waals surface area contributed by atoms with E-state index >= 15 is 0 Å². The van der Waals surface area contributed by atoms with Gasteiger partial charge in [0, 0.05) is 18.8 Å². The summed E-state index contributed by atoms with van der Waals surface area (Å²) in [6.07, 6.45) is 3.93. The molecule has 0 unspecified atom stereocenters. The molecule has 6 nitrogen and oxygen atoms in total. The Morgan fingerprint density at radius 3 is 2.83 bits per heavy atom. The lowest BCUT2D eigenvalue weighted by molar-refractivity contribution is 0.0944. The number of hydrogen-bond acceptors (Lipinski definition) is 5. The van der Waals surface area contributed by atoms with Crippen molar-refractivity contribution in [1.29, 1.82) is 0 Å². The Morgan fingerprint density at radius 2 is 2.08 bits per heavy atom. The molecule has 130 valence electrons. The van der Waals surface area contributed by atoms with E-state index in [0.29, 0.717) is 34.8 Å². The van der Waals surface area contributed by atoms with Crippen LogP contribution in [0.5, 0.6) is 0 Å². The molecule has 0 radical (unpaired) electrons. The number of hydrogen-bond donors (Lipinski definition) is 1. The fraction of sp³-hybridized carbons (Fsp3) is 0.611. The molecule has 1 saturated heterocycles. The average Bonchev–Trinajstić information content (AvgIpc) is 2.93. The SMILES string of the molecule is Cc1cc(C(=O)NC[C@@H](C)CN2CCCCC2)c2c(C)noc2n1. The van der Waals surface area contributed by atoms with Gasteiger partial charge in [-0.05, 0) is 51.8 Å². The zero-order chi connectivity index (χ0) is 17.1. The van der Waals surface area contributed by atoms with Crippen LogP contribution in [0.1, 0.15) is 47.9 Å². The molecule has 1 N–H and O–H groups in total. The Hall–Kier alpha value is -1.95. The first-order valence-electron chi connectivity index (χ1n) is 8.79. The molecule has 0 aliphatic carbocycles. The van der Waals surface area contributed by atoms with Crippen molar-refractivity contribution >= 4 is 17.0 Å². The Labute approximate surface area is 142 Å². The van der Waals surface area contributed by atoms with E-state index in [4.69, 9.17) is 4.52 Å². The molecule has 6 heteroatoms. The molecule has 3 rings (SSSR count). The normalized spacial score (nSPS) is 17.1. The summed E-state index contributed by atoms with van der Waals surface area (Å²) in [5, 5.41) is 7.70. The standard InChI is InChI=1S/C18H26N4O2/c1-12(11-22-7-5-4-6-8-22)10-19-17(23)15-9-13(2)20-18-16(15)14(3)21-24-18/h9,12H,4-8,10-11H2,1-3H3,(H,19,23)/t12-/m1/s1. The van der Waals surface area contributed by atoms with Crippen LogP contribution in [0.3, 0.4) is 0 Å². The number of piperidine rings is 1. The number of fused-ring (bicyclic) bond motifs is 1. The molecule has 1 atom stereocenters. The van der Waals surface area contributed by atoms with Crippen LogP contribution in [0.4, 0.5) is 0 Å². The largest absolute Gasteiger partial charge is 0.352 e. The summed E-state index contributed by atoms with van der Waals surface area (Å²) in [5.41, 5.74) is 2.48. The molecule has 24 heavy (non-hydrogen) atoms. The van der Waals surface area contributed by atoms with Crippen LogP contribution in [-0.4, -0.2) is 47.1 Å². The summed E-state index contributed by atoms with van der Waals surface area (Å²) in [6, 6.07) is 1.80. The Bertz CT molecular complexity index is 719. The topological polar surface area (TPSA) is 71.3 Å². The van der Waals surface area contributed by atoms with Crippen LogP contribution >= 0.6 is 0 Å². The third kappa shape index (κ3) is 3.75. The molecule has 1 aliphatic heterocycles. The number of carbonyl (C=O) groups is 1. The maximum atomic E-state index is 12.6. The minimum absolute atomic E-state index is 0.0812. The molecular weight excluding hydrogens is 304 g/mol. The molecular formula is C18H26N4O2. The van der Waals surface area contributed by atoms with E-state index < -0.39 is 0 Å². The van der Waals surface area contributed by atoms with E-state index in [1.165, 1.54) is 32.4 Å². The van der Waals surface area contributed by atoms with Gasteiger partial charge in [-0.1, -0.05) is 18.5 Å². The lowest BCUT2D eigenvalue weighted by atomic mass is 10.1. The van der Waals surface area contributed by atoms with Gasteiger partial charge in [0.15, 0.2) is 0 Å². The summed E-state index contributed by atoms with van der Waals surface area (Å²) in [6.45, 7) is 9.95. The highest BCUT2D eigenvalue weighted by molar-refractivity contribution is 6.06. The number of carbonyl (C=O) groups excluding carboxylic acids is 1. The molecule has 1 aliphatic rings. The quantitative estimate of drug-likeness (QED) is 0.912. The molecule has 0 aromatic carbocycles. The maximum Gasteiger partial charge on any atom is 0.258 e. The van der Waals surface area contributed by atoms with Gasteiger partial charge in [-0.3, -0.25) is 4.79 Å². The van der Waals surface area contributed by atoms with Gasteiger partial charge in [-0.2, -0.15) is 0 Å². The highest BCUT2D eigenvalue weighted by Crippen LogP contribution is 2.21. The smallest absolute Gasteiger partial charge is 0.258 e. The zero-order valence-corrected chi connectivity index (χ0v) is 14.8. The van der Waals surface area contributed by atoms with Crippen molar-refractivity contribution in [3.05, 3.63) is 23.0 Å². The Balaban J connectivity index is 1.63. The fourth-order valence-corrected chi connectivity index (χ4v) is 3.41. The van der Waals surface area contributed by atoms with E-state index in [1.54, 1.807) is 6.07 Å². The number of nitrogens with one attached hydrogen (secondary N) is 1. The van der Waals surface area contributed by atoms with Crippen molar-refractivity contribution in [3.8, 4) is 0 Å². The molecule has 3 heterocycles. The Kier molecular flexibility index (Phi) is 5.14. The minimum Gasteiger partial charge on any atom is -0.352 e. The van der Waals surface area contributed by atoms with Crippen molar-refractivity contribution in [2.75, 3.05) is 26.2 Å². The highest BCUT2D eigenvalue weighted by atomic mass is 16.5. The first-order valence-corrected chi connectivity index (χ1v) is 8.79.